The number of carbonyl (C=O) groups excluding carboxylic acids is 1. The fraction of sp³-hybridized carbons (Fsp3) is 0.458. The lowest BCUT2D eigenvalue weighted by Crippen LogP contribution is -2.38. The maximum Gasteiger partial charge on any atom is 0.573 e. The smallest absolute Gasteiger partial charge is 0.406 e. The van der Waals surface area contributed by atoms with Crippen LogP contribution in [-0.2, 0) is 4.74 Å². The molecule has 2 aliphatic heterocycles. The number of carbonyl (C=O) groups is 1. The molecule has 0 unspecified atom stereocenters. The number of pyridine rings is 1. The molecule has 5 rings (SSSR count). The highest BCUT2D eigenvalue weighted by Crippen LogP contribution is 2.33. The van der Waals surface area contributed by atoms with Crippen molar-refractivity contribution in [3.8, 4) is 5.75 Å². The van der Waals surface area contributed by atoms with E-state index in [1.165, 1.54) is 12.1 Å². The number of nitrogens with one attached hydrogen (secondary N) is 1. The van der Waals surface area contributed by atoms with E-state index in [9.17, 15) is 18.0 Å². The van der Waals surface area contributed by atoms with Gasteiger partial charge in [0, 0.05) is 37.9 Å². The number of likely N-dealkylation sites (tertiary alicyclic amines) is 1. The minimum absolute atomic E-state index is 0.122. The van der Waals surface area contributed by atoms with Gasteiger partial charge in [-0.15, -0.1) is 13.2 Å². The summed E-state index contributed by atoms with van der Waals surface area (Å²) in [5.74, 6) is 0.441. The number of nitrogens with zero attached hydrogens (tertiary/aromatic N) is 4. The van der Waals surface area contributed by atoms with Crippen molar-refractivity contribution in [1.29, 1.82) is 0 Å². The first-order valence-electron chi connectivity index (χ1n) is 11.6. The fourth-order valence-electron chi connectivity index (χ4n) is 4.75. The third-order valence-electron chi connectivity index (χ3n) is 6.57. The molecular weight excluding hydrogens is 463 g/mol. The Kier molecular flexibility index (Phi) is 6.37. The molecule has 1 amide bonds. The molecule has 2 aliphatic rings. The van der Waals surface area contributed by atoms with Gasteiger partial charge < -0.3 is 24.3 Å². The third-order valence-corrected chi connectivity index (χ3v) is 6.57. The van der Waals surface area contributed by atoms with Crippen LogP contribution in [-0.4, -0.2) is 76.9 Å². The molecule has 3 aromatic rings. The zero-order valence-electron chi connectivity index (χ0n) is 19.2. The molecule has 11 heteroatoms. The first-order valence-corrected chi connectivity index (χ1v) is 11.6. The van der Waals surface area contributed by atoms with Gasteiger partial charge in [-0.1, -0.05) is 0 Å². The van der Waals surface area contributed by atoms with E-state index < -0.39 is 6.36 Å². The van der Waals surface area contributed by atoms with Crippen molar-refractivity contribution in [2.24, 2.45) is 0 Å². The topological polar surface area (TPSA) is 83.6 Å². The number of rotatable bonds is 4. The first-order chi connectivity index (χ1) is 16.8. The number of piperidine rings is 1. The number of H-pyrrole nitrogens is 1. The number of morpholine rings is 1. The molecule has 2 aromatic heterocycles. The Labute approximate surface area is 200 Å². The molecule has 2 saturated heterocycles. The van der Waals surface area contributed by atoms with Gasteiger partial charge in [-0.3, -0.25) is 4.79 Å². The Balaban J connectivity index is 1.25. The van der Waals surface area contributed by atoms with E-state index in [0.717, 1.165) is 60.6 Å². The highest BCUT2D eigenvalue weighted by atomic mass is 19.4. The molecule has 1 N–H and O–H groups in total. The second-order valence-corrected chi connectivity index (χ2v) is 8.98. The summed E-state index contributed by atoms with van der Waals surface area (Å²) in [5, 5.41) is 0. The van der Waals surface area contributed by atoms with E-state index in [4.69, 9.17) is 9.72 Å². The lowest BCUT2D eigenvalue weighted by molar-refractivity contribution is -0.274. The summed E-state index contributed by atoms with van der Waals surface area (Å²) in [5.41, 5.74) is 3.00. The Morgan fingerprint density at radius 3 is 2.57 bits per heavy atom. The average Bonchev–Trinajstić information content (AvgIpc) is 3.28. The number of benzene rings is 1. The van der Waals surface area contributed by atoms with Crippen LogP contribution in [0.5, 0.6) is 5.75 Å². The Bertz CT molecular complexity index is 1190. The molecule has 0 spiro atoms. The maximum absolute atomic E-state index is 12.9. The average molecular weight is 489 g/mol. The van der Waals surface area contributed by atoms with Crippen molar-refractivity contribution in [3.63, 3.8) is 0 Å². The molecule has 4 heterocycles. The van der Waals surface area contributed by atoms with Gasteiger partial charge in [0.15, 0.2) is 5.65 Å². The van der Waals surface area contributed by atoms with Crippen LogP contribution in [0.15, 0.2) is 36.5 Å². The highest BCUT2D eigenvalue weighted by molar-refractivity contribution is 5.94. The van der Waals surface area contributed by atoms with E-state index in [0.29, 0.717) is 25.3 Å². The number of fused-ring (bicyclic) bond motifs is 1. The normalized spacial score (nSPS) is 20.3. The van der Waals surface area contributed by atoms with Gasteiger partial charge in [0.05, 0.1) is 6.61 Å². The number of hydrogen-bond donors (Lipinski definition) is 1. The van der Waals surface area contributed by atoms with Crippen molar-refractivity contribution in [2.75, 3.05) is 39.8 Å². The Hall–Kier alpha value is -3.18. The van der Waals surface area contributed by atoms with E-state index in [1.54, 1.807) is 11.1 Å². The summed E-state index contributed by atoms with van der Waals surface area (Å²) in [6.07, 6.45) is -1.60. The first kappa shape index (κ1) is 23.6. The molecule has 2 fully saturated rings. The zero-order chi connectivity index (χ0) is 24.6. The lowest BCUT2D eigenvalue weighted by atomic mass is 9.89. The quantitative estimate of drug-likeness (QED) is 0.599. The number of imidazole rings is 1. The standard InChI is InChI=1S/C24H26F3N5O3/c1-31-12-13-34-19(14-31)21-29-20-18(6-9-28-22(20)30-21)15-7-10-32(11-8-15)23(33)16-2-4-17(5-3-16)35-24(25,26)27/h2-6,9,15,19H,7-8,10-14H2,1H3,(H,28,29,30)/t19-/m1/s1. The molecular formula is C24H26F3N5O3. The molecule has 35 heavy (non-hydrogen) atoms. The van der Waals surface area contributed by atoms with Gasteiger partial charge in [0.25, 0.3) is 5.91 Å². The molecule has 1 atom stereocenters. The van der Waals surface area contributed by atoms with Crippen molar-refractivity contribution < 1.29 is 27.4 Å². The summed E-state index contributed by atoms with van der Waals surface area (Å²) in [4.78, 5) is 29.4. The number of alkyl halides is 3. The van der Waals surface area contributed by atoms with Crippen LogP contribution in [0.3, 0.4) is 0 Å². The van der Waals surface area contributed by atoms with Crippen molar-refractivity contribution >= 4 is 17.1 Å². The van der Waals surface area contributed by atoms with Crippen molar-refractivity contribution in [2.45, 2.75) is 31.2 Å². The molecule has 0 saturated carbocycles. The molecule has 0 radical (unpaired) electrons. The summed E-state index contributed by atoms with van der Waals surface area (Å²) in [6, 6.07) is 7.02. The monoisotopic (exact) mass is 489 g/mol. The maximum atomic E-state index is 12.9. The second kappa shape index (κ2) is 9.46. The number of aromatic nitrogens is 3. The largest absolute Gasteiger partial charge is 0.573 e. The van der Waals surface area contributed by atoms with Gasteiger partial charge in [-0.25, -0.2) is 9.97 Å². The van der Waals surface area contributed by atoms with Gasteiger partial charge in [0.1, 0.15) is 23.2 Å². The van der Waals surface area contributed by atoms with Crippen LogP contribution in [0.1, 0.15) is 46.6 Å². The van der Waals surface area contributed by atoms with Gasteiger partial charge in [-0.05, 0) is 61.7 Å². The fourth-order valence-corrected chi connectivity index (χ4v) is 4.75. The van der Waals surface area contributed by atoms with Crippen molar-refractivity contribution in [1.82, 2.24) is 24.8 Å². The lowest BCUT2D eigenvalue weighted by Gasteiger charge is -2.32. The number of likely N-dealkylation sites (N-methyl/N-ethyl adjacent to an activating group) is 1. The van der Waals surface area contributed by atoms with Crippen LogP contribution in [0.4, 0.5) is 13.2 Å². The summed E-state index contributed by atoms with van der Waals surface area (Å²) >= 11 is 0. The minimum atomic E-state index is -4.76. The van der Waals surface area contributed by atoms with Crippen LogP contribution in [0.2, 0.25) is 0 Å². The van der Waals surface area contributed by atoms with Gasteiger partial charge in [-0.2, -0.15) is 0 Å². The molecule has 0 aliphatic carbocycles. The predicted octanol–water partition coefficient (Wildman–Crippen LogP) is 3.88. The van der Waals surface area contributed by atoms with E-state index in [1.807, 2.05) is 6.07 Å². The number of hydrogen-bond acceptors (Lipinski definition) is 6. The van der Waals surface area contributed by atoms with Gasteiger partial charge >= 0.3 is 6.36 Å². The Morgan fingerprint density at radius 2 is 1.89 bits per heavy atom. The summed E-state index contributed by atoms with van der Waals surface area (Å²) < 4.78 is 46.9. The summed E-state index contributed by atoms with van der Waals surface area (Å²) in [6.45, 7) is 3.40. The Morgan fingerprint density at radius 1 is 1.14 bits per heavy atom. The molecule has 8 nitrogen and oxygen atoms in total. The third kappa shape index (κ3) is 5.25. The molecule has 186 valence electrons. The predicted molar refractivity (Wildman–Crippen MR) is 121 cm³/mol. The van der Waals surface area contributed by atoms with Crippen LogP contribution >= 0.6 is 0 Å². The van der Waals surface area contributed by atoms with Crippen LogP contribution < -0.4 is 4.74 Å². The van der Waals surface area contributed by atoms with E-state index >= 15 is 0 Å². The van der Waals surface area contributed by atoms with Crippen molar-refractivity contribution in [3.05, 3.63) is 53.5 Å². The van der Waals surface area contributed by atoms with E-state index in [2.05, 4.69) is 26.7 Å². The number of aromatic amines is 1. The second-order valence-electron chi connectivity index (χ2n) is 8.98. The zero-order valence-corrected chi connectivity index (χ0v) is 19.2. The van der Waals surface area contributed by atoms with Gasteiger partial charge in [0.2, 0.25) is 0 Å². The van der Waals surface area contributed by atoms with Crippen LogP contribution in [0, 0.1) is 0 Å². The van der Waals surface area contributed by atoms with E-state index in [-0.39, 0.29) is 23.7 Å². The summed E-state index contributed by atoms with van der Waals surface area (Å²) in [7, 11) is 2.06. The number of amides is 1. The highest BCUT2D eigenvalue weighted by Gasteiger charge is 2.31. The SMILES string of the molecule is CN1CCO[C@@H](c2nc3c(C4CCN(C(=O)c5ccc(OC(F)(F)F)cc5)CC4)ccnc3[nH]2)C1. The number of ether oxygens (including phenoxy) is 2. The van der Waals surface area contributed by atoms with Crippen LogP contribution in [0.25, 0.3) is 11.2 Å². The molecule has 0 bridgehead atoms. The number of halogens is 3. The minimum Gasteiger partial charge on any atom is -0.406 e. The molecule has 1 aromatic carbocycles.